The van der Waals surface area contributed by atoms with E-state index in [2.05, 4.69) is 11.6 Å². The van der Waals surface area contributed by atoms with Gasteiger partial charge in [0.05, 0.1) is 14.2 Å². The Morgan fingerprint density at radius 2 is 1.96 bits per heavy atom. The normalized spacial score (nSPS) is 14.5. The predicted molar refractivity (Wildman–Crippen MR) is 107 cm³/mol. The number of nitrogens with zero attached hydrogens (tertiary/aromatic N) is 1. The maximum atomic E-state index is 12.2. The van der Waals surface area contributed by atoms with E-state index in [9.17, 15) is 4.79 Å². The van der Waals surface area contributed by atoms with Crippen LogP contribution in [0.3, 0.4) is 0 Å². The number of carbonyl (C=O) groups excluding carboxylic acids is 1. The molecular formula is C22H21NO5. The van der Waals surface area contributed by atoms with E-state index in [0.717, 1.165) is 11.1 Å². The average Bonchev–Trinajstić information content (AvgIpc) is 3.07. The fourth-order valence-electron chi connectivity index (χ4n) is 2.54. The monoisotopic (exact) mass is 379 g/mol. The molecule has 2 aromatic carbocycles. The maximum absolute atomic E-state index is 12.2. The molecule has 2 aromatic rings. The molecule has 0 amide bonds. The minimum Gasteiger partial charge on any atom is -0.497 e. The predicted octanol–water partition coefficient (Wildman–Crippen LogP) is 4.00. The van der Waals surface area contributed by atoms with Crippen molar-refractivity contribution < 1.29 is 23.7 Å². The van der Waals surface area contributed by atoms with Crippen molar-refractivity contribution in [2.45, 2.75) is 6.92 Å². The third-order valence-corrected chi connectivity index (χ3v) is 3.90. The highest BCUT2D eigenvalue weighted by molar-refractivity contribution is 6.13. The Morgan fingerprint density at radius 1 is 1.14 bits per heavy atom. The van der Waals surface area contributed by atoms with Crippen LogP contribution in [0.15, 0.2) is 65.3 Å². The number of aliphatic imine (C=N–C) groups is 1. The van der Waals surface area contributed by atoms with Gasteiger partial charge in [0.1, 0.15) is 12.4 Å². The zero-order valence-corrected chi connectivity index (χ0v) is 16.0. The first-order valence-electron chi connectivity index (χ1n) is 8.62. The molecule has 0 saturated carbocycles. The summed E-state index contributed by atoms with van der Waals surface area (Å²) in [6.07, 6.45) is 1.64. The fourth-order valence-corrected chi connectivity index (χ4v) is 2.54. The van der Waals surface area contributed by atoms with Gasteiger partial charge in [-0.3, -0.25) is 0 Å². The van der Waals surface area contributed by atoms with Crippen LogP contribution in [0.25, 0.3) is 6.08 Å². The highest BCUT2D eigenvalue weighted by Gasteiger charge is 2.24. The van der Waals surface area contributed by atoms with Crippen LogP contribution in [0, 0.1) is 0 Å². The third kappa shape index (κ3) is 4.40. The van der Waals surface area contributed by atoms with Crippen LogP contribution in [0.4, 0.5) is 0 Å². The molecule has 0 radical (unpaired) electrons. The van der Waals surface area contributed by atoms with Gasteiger partial charge >= 0.3 is 5.97 Å². The van der Waals surface area contributed by atoms with Gasteiger partial charge in [-0.25, -0.2) is 9.79 Å². The number of carbonyl (C=O) groups is 1. The molecule has 0 N–H and O–H groups in total. The van der Waals surface area contributed by atoms with E-state index in [-0.39, 0.29) is 11.6 Å². The van der Waals surface area contributed by atoms with Gasteiger partial charge in [0, 0.05) is 5.56 Å². The molecule has 6 nitrogen and oxygen atoms in total. The third-order valence-electron chi connectivity index (χ3n) is 3.90. The van der Waals surface area contributed by atoms with E-state index in [1.807, 2.05) is 13.0 Å². The molecular weight excluding hydrogens is 358 g/mol. The molecule has 0 fully saturated rings. The molecule has 3 rings (SSSR count). The zero-order valence-electron chi connectivity index (χ0n) is 16.0. The standard InChI is InChI=1S/C22H21NO5/c1-14(2)13-27-19-9-8-15(11-20(19)26-4)10-18-22(24)28-21(23-18)16-6-5-7-17(12-16)25-3/h5-12H,1,13H2,2-4H3/b18-10+. The number of rotatable bonds is 7. The Hall–Kier alpha value is -3.54. The number of methoxy groups -OCH3 is 2. The molecule has 1 aliphatic rings. The smallest absolute Gasteiger partial charge is 0.363 e. The lowest BCUT2D eigenvalue weighted by Crippen LogP contribution is -2.05. The molecule has 1 aliphatic heterocycles. The van der Waals surface area contributed by atoms with Gasteiger partial charge < -0.3 is 18.9 Å². The number of benzene rings is 2. The van der Waals surface area contributed by atoms with E-state index in [1.54, 1.807) is 56.7 Å². The van der Waals surface area contributed by atoms with Crippen molar-refractivity contribution in [2.75, 3.05) is 20.8 Å². The molecule has 0 aliphatic carbocycles. The van der Waals surface area contributed by atoms with E-state index < -0.39 is 5.97 Å². The molecule has 0 atom stereocenters. The van der Waals surface area contributed by atoms with Crippen molar-refractivity contribution in [2.24, 2.45) is 4.99 Å². The highest BCUT2D eigenvalue weighted by atomic mass is 16.6. The van der Waals surface area contributed by atoms with Gasteiger partial charge in [-0.2, -0.15) is 0 Å². The average molecular weight is 379 g/mol. The van der Waals surface area contributed by atoms with E-state index in [0.29, 0.717) is 29.4 Å². The van der Waals surface area contributed by atoms with Gasteiger partial charge in [-0.1, -0.05) is 18.7 Å². The first-order chi connectivity index (χ1) is 13.5. The molecule has 0 aromatic heterocycles. The summed E-state index contributed by atoms with van der Waals surface area (Å²) in [5, 5.41) is 0. The van der Waals surface area contributed by atoms with Crippen molar-refractivity contribution in [3.05, 3.63) is 71.4 Å². The summed E-state index contributed by atoms with van der Waals surface area (Å²) in [5.41, 5.74) is 2.51. The zero-order chi connectivity index (χ0) is 20.1. The first-order valence-corrected chi connectivity index (χ1v) is 8.62. The lowest BCUT2D eigenvalue weighted by molar-refractivity contribution is -0.129. The maximum Gasteiger partial charge on any atom is 0.363 e. The Kier molecular flexibility index (Phi) is 5.79. The molecule has 0 spiro atoms. The lowest BCUT2D eigenvalue weighted by Gasteiger charge is -2.11. The number of ether oxygens (including phenoxy) is 4. The quantitative estimate of drug-likeness (QED) is 0.413. The highest BCUT2D eigenvalue weighted by Crippen LogP contribution is 2.30. The van der Waals surface area contributed by atoms with Crippen molar-refractivity contribution in [3.8, 4) is 17.2 Å². The van der Waals surface area contributed by atoms with Crippen LogP contribution in [0.5, 0.6) is 17.2 Å². The number of cyclic esters (lactones) is 1. The van der Waals surface area contributed by atoms with Gasteiger partial charge in [-0.15, -0.1) is 0 Å². The summed E-state index contributed by atoms with van der Waals surface area (Å²) < 4.78 is 21.5. The SMILES string of the molecule is C=C(C)COc1ccc(/C=C2/N=C(c3cccc(OC)c3)OC2=O)cc1OC. The van der Waals surface area contributed by atoms with Crippen LogP contribution in [-0.4, -0.2) is 32.7 Å². The minimum absolute atomic E-state index is 0.204. The molecule has 0 unspecified atom stereocenters. The molecule has 1 heterocycles. The molecule has 0 bridgehead atoms. The summed E-state index contributed by atoms with van der Waals surface area (Å²) in [7, 11) is 3.13. The van der Waals surface area contributed by atoms with E-state index in [4.69, 9.17) is 18.9 Å². The van der Waals surface area contributed by atoms with Crippen molar-refractivity contribution in [3.63, 3.8) is 0 Å². The summed E-state index contributed by atoms with van der Waals surface area (Å²) in [4.78, 5) is 16.5. The first kappa shape index (κ1) is 19.2. The van der Waals surface area contributed by atoms with E-state index in [1.165, 1.54) is 0 Å². The second-order valence-electron chi connectivity index (χ2n) is 6.22. The summed E-state index contributed by atoms with van der Waals surface area (Å²) in [6.45, 7) is 6.10. The minimum atomic E-state index is -0.514. The molecule has 144 valence electrons. The Balaban J connectivity index is 1.86. The van der Waals surface area contributed by atoms with Gasteiger partial charge in [0.15, 0.2) is 17.2 Å². The Morgan fingerprint density at radius 3 is 2.68 bits per heavy atom. The number of hydrogen-bond acceptors (Lipinski definition) is 6. The molecule has 6 heteroatoms. The van der Waals surface area contributed by atoms with Crippen LogP contribution in [-0.2, 0) is 9.53 Å². The summed E-state index contributed by atoms with van der Waals surface area (Å²) >= 11 is 0. The van der Waals surface area contributed by atoms with Crippen LogP contribution < -0.4 is 14.2 Å². The Labute approximate surface area is 163 Å². The Bertz CT molecular complexity index is 975. The van der Waals surface area contributed by atoms with Crippen molar-refractivity contribution in [1.82, 2.24) is 0 Å². The van der Waals surface area contributed by atoms with Crippen molar-refractivity contribution >= 4 is 17.9 Å². The second-order valence-corrected chi connectivity index (χ2v) is 6.22. The van der Waals surface area contributed by atoms with Crippen LogP contribution >= 0.6 is 0 Å². The molecule has 28 heavy (non-hydrogen) atoms. The van der Waals surface area contributed by atoms with Crippen LogP contribution in [0.1, 0.15) is 18.1 Å². The van der Waals surface area contributed by atoms with Gasteiger partial charge in [0.2, 0.25) is 5.90 Å². The van der Waals surface area contributed by atoms with Gasteiger partial charge in [-0.05, 0) is 54.5 Å². The summed E-state index contributed by atoms with van der Waals surface area (Å²) in [6, 6.07) is 12.5. The fraction of sp³-hybridized carbons (Fsp3) is 0.182. The van der Waals surface area contributed by atoms with Crippen LogP contribution in [0.2, 0.25) is 0 Å². The number of esters is 1. The number of hydrogen-bond donors (Lipinski definition) is 0. The topological polar surface area (TPSA) is 66.3 Å². The largest absolute Gasteiger partial charge is 0.497 e. The van der Waals surface area contributed by atoms with Crippen molar-refractivity contribution in [1.29, 1.82) is 0 Å². The van der Waals surface area contributed by atoms with E-state index >= 15 is 0 Å². The lowest BCUT2D eigenvalue weighted by atomic mass is 10.1. The van der Waals surface area contributed by atoms with Gasteiger partial charge in [0.25, 0.3) is 0 Å². The summed E-state index contributed by atoms with van der Waals surface area (Å²) in [5.74, 6) is 1.54. The molecule has 0 saturated heterocycles. The second kappa shape index (κ2) is 8.43.